The highest BCUT2D eigenvalue weighted by Crippen LogP contribution is 2.35. The Morgan fingerprint density at radius 2 is 2.07 bits per heavy atom. The van der Waals surface area contributed by atoms with Gasteiger partial charge in [-0.3, -0.25) is 19.8 Å². The minimum atomic E-state index is -1.30. The number of rotatable bonds is 5. The Balaban J connectivity index is 2.09. The molecule has 150 valence electrons. The summed E-state index contributed by atoms with van der Waals surface area (Å²) >= 11 is 8.86. The molecule has 1 saturated heterocycles. The SMILES string of the molecule is CN(C#N)C(=O)C(C)(S)[C@@H]1C[C@H](S)CN1C(=O)OCc1ccc([N+](=O)[O-])cc1. The molecule has 0 aliphatic carbocycles. The molecule has 28 heavy (non-hydrogen) atoms. The maximum atomic E-state index is 12.6. The van der Waals surface area contributed by atoms with E-state index >= 15 is 0 Å². The van der Waals surface area contributed by atoms with Crippen LogP contribution in [0.1, 0.15) is 18.9 Å². The highest BCUT2D eigenvalue weighted by Gasteiger charge is 2.49. The van der Waals surface area contributed by atoms with Gasteiger partial charge in [-0.25, -0.2) is 4.79 Å². The van der Waals surface area contributed by atoms with Gasteiger partial charge in [-0.15, -0.1) is 0 Å². The molecule has 3 atom stereocenters. The molecule has 1 heterocycles. The van der Waals surface area contributed by atoms with Gasteiger partial charge in [-0.05, 0) is 31.0 Å². The van der Waals surface area contributed by atoms with Gasteiger partial charge in [0.2, 0.25) is 0 Å². The van der Waals surface area contributed by atoms with Gasteiger partial charge in [0, 0.05) is 31.0 Å². The summed E-state index contributed by atoms with van der Waals surface area (Å²) in [6.07, 6.45) is 1.51. The molecule has 9 nitrogen and oxygen atoms in total. The molecule has 1 aliphatic heterocycles. The molecule has 0 radical (unpaired) electrons. The third-order valence-electron chi connectivity index (χ3n) is 4.56. The summed E-state index contributed by atoms with van der Waals surface area (Å²) in [6, 6.07) is 5.05. The molecule has 0 spiro atoms. The predicted octanol–water partition coefficient (Wildman–Crippen LogP) is 2.23. The van der Waals surface area contributed by atoms with E-state index in [0.717, 1.165) is 4.90 Å². The number of likely N-dealkylation sites (tertiary alicyclic amines) is 1. The van der Waals surface area contributed by atoms with Gasteiger partial charge in [0.1, 0.15) is 11.4 Å². The number of non-ortho nitro benzene ring substituents is 1. The second kappa shape index (κ2) is 8.70. The first kappa shape index (κ1) is 21.8. The van der Waals surface area contributed by atoms with Crippen LogP contribution in [-0.2, 0) is 16.1 Å². The quantitative estimate of drug-likeness (QED) is 0.246. The van der Waals surface area contributed by atoms with E-state index in [-0.39, 0.29) is 24.1 Å². The number of ether oxygens (including phenoxy) is 1. The lowest BCUT2D eigenvalue weighted by molar-refractivity contribution is -0.384. The third-order valence-corrected chi connectivity index (χ3v) is 5.42. The van der Waals surface area contributed by atoms with E-state index < -0.39 is 27.7 Å². The third kappa shape index (κ3) is 4.69. The topological polar surface area (TPSA) is 117 Å². The molecule has 2 amide bonds. The summed E-state index contributed by atoms with van der Waals surface area (Å²) in [5.41, 5.74) is 0.532. The number of nitro benzene ring substituents is 1. The van der Waals surface area contributed by atoms with E-state index in [1.165, 1.54) is 36.2 Å². The van der Waals surface area contributed by atoms with Gasteiger partial charge >= 0.3 is 6.09 Å². The van der Waals surface area contributed by atoms with Crippen LogP contribution >= 0.6 is 25.3 Å². The number of nitriles is 1. The minimum absolute atomic E-state index is 0.0569. The number of carbonyl (C=O) groups is 2. The van der Waals surface area contributed by atoms with Crippen molar-refractivity contribution < 1.29 is 19.2 Å². The molecule has 0 bridgehead atoms. The van der Waals surface area contributed by atoms with E-state index in [4.69, 9.17) is 10.00 Å². The lowest BCUT2D eigenvalue weighted by atomic mass is 9.97. The molecule has 0 N–H and O–H groups in total. The number of amides is 2. The molecule has 1 unspecified atom stereocenters. The first-order valence-corrected chi connectivity index (χ1v) is 9.29. The Hall–Kier alpha value is -2.45. The molecular formula is C17H20N4O5S2. The van der Waals surface area contributed by atoms with Crippen LogP contribution in [0.4, 0.5) is 10.5 Å². The van der Waals surface area contributed by atoms with Crippen molar-refractivity contribution in [1.29, 1.82) is 5.26 Å². The van der Waals surface area contributed by atoms with Crippen molar-refractivity contribution in [3.63, 3.8) is 0 Å². The van der Waals surface area contributed by atoms with Crippen molar-refractivity contribution in [3.8, 4) is 6.19 Å². The molecule has 0 aromatic heterocycles. The summed E-state index contributed by atoms with van der Waals surface area (Å²) in [6.45, 7) is 1.75. The normalized spacial score (nSPS) is 20.8. The van der Waals surface area contributed by atoms with Crippen LogP contribution < -0.4 is 0 Å². The van der Waals surface area contributed by atoms with E-state index in [1.54, 1.807) is 13.1 Å². The molecule has 0 saturated carbocycles. The number of hydrogen-bond acceptors (Lipinski definition) is 8. The number of nitrogens with zero attached hydrogens (tertiary/aromatic N) is 4. The van der Waals surface area contributed by atoms with Gasteiger partial charge in [0.05, 0.1) is 11.0 Å². The fourth-order valence-corrected chi connectivity index (χ4v) is 3.79. The summed E-state index contributed by atoms with van der Waals surface area (Å²) in [5.74, 6) is -0.529. The zero-order valence-electron chi connectivity index (χ0n) is 15.3. The van der Waals surface area contributed by atoms with Gasteiger partial charge in [-0.2, -0.15) is 30.5 Å². The Morgan fingerprint density at radius 3 is 2.61 bits per heavy atom. The molecular weight excluding hydrogens is 404 g/mol. The fourth-order valence-electron chi connectivity index (χ4n) is 3.02. The zero-order valence-corrected chi connectivity index (χ0v) is 17.1. The van der Waals surface area contributed by atoms with Crippen molar-refractivity contribution in [2.45, 2.75) is 36.0 Å². The number of hydrogen-bond donors (Lipinski definition) is 2. The van der Waals surface area contributed by atoms with Crippen LogP contribution in [0.5, 0.6) is 0 Å². The van der Waals surface area contributed by atoms with Gasteiger partial charge in [0.15, 0.2) is 6.19 Å². The van der Waals surface area contributed by atoms with Crippen LogP contribution in [-0.4, -0.2) is 56.4 Å². The van der Waals surface area contributed by atoms with Crippen LogP contribution in [0.15, 0.2) is 24.3 Å². The van der Waals surface area contributed by atoms with Crippen molar-refractivity contribution in [2.24, 2.45) is 0 Å². The first-order valence-electron chi connectivity index (χ1n) is 8.33. The Labute approximate surface area is 173 Å². The molecule has 2 rings (SSSR count). The van der Waals surface area contributed by atoms with E-state index in [9.17, 15) is 19.7 Å². The number of carbonyl (C=O) groups excluding carboxylic acids is 2. The van der Waals surface area contributed by atoms with Gasteiger partial charge < -0.3 is 9.64 Å². The van der Waals surface area contributed by atoms with E-state index in [1.807, 2.05) is 0 Å². The number of nitro groups is 1. The second-order valence-corrected chi connectivity index (χ2v) is 8.31. The predicted molar refractivity (Wildman–Crippen MR) is 107 cm³/mol. The average Bonchev–Trinajstić information content (AvgIpc) is 3.07. The molecule has 11 heteroatoms. The molecule has 1 aliphatic rings. The fraction of sp³-hybridized carbons (Fsp3) is 0.471. The first-order chi connectivity index (χ1) is 13.1. The number of benzene rings is 1. The van der Waals surface area contributed by atoms with Crippen molar-refractivity contribution in [3.05, 3.63) is 39.9 Å². The number of thiol groups is 2. The average molecular weight is 425 g/mol. The van der Waals surface area contributed by atoms with Gasteiger partial charge in [0.25, 0.3) is 11.6 Å². The lowest BCUT2D eigenvalue weighted by Crippen LogP contribution is -2.54. The second-order valence-electron chi connectivity index (χ2n) is 6.65. The summed E-state index contributed by atoms with van der Waals surface area (Å²) in [4.78, 5) is 37.5. The van der Waals surface area contributed by atoms with Crippen molar-refractivity contribution >= 4 is 42.9 Å². The van der Waals surface area contributed by atoms with Gasteiger partial charge in [-0.1, -0.05) is 0 Å². The Bertz CT molecular complexity index is 809. The largest absolute Gasteiger partial charge is 0.445 e. The highest BCUT2D eigenvalue weighted by atomic mass is 32.1. The smallest absolute Gasteiger partial charge is 0.410 e. The molecule has 1 aromatic rings. The Kier molecular flexibility index (Phi) is 6.79. The summed E-state index contributed by atoms with van der Waals surface area (Å²) < 4.78 is 4.01. The maximum Gasteiger partial charge on any atom is 0.410 e. The van der Waals surface area contributed by atoms with Crippen molar-refractivity contribution in [1.82, 2.24) is 9.80 Å². The lowest BCUT2D eigenvalue weighted by Gasteiger charge is -2.35. The minimum Gasteiger partial charge on any atom is -0.445 e. The van der Waals surface area contributed by atoms with E-state index in [0.29, 0.717) is 12.0 Å². The highest BCUT2D eigenvalue weighted by molar-refractivity contribution is 7.82. The monoisotopic (exact) mass is 424 g/mol. The van der Waals surface area contributed by atoms with E-state index in [2.05, 4.69) is 25.3 Å². The summed E-state index contributed by atoms with van der Waals surface area (Å²) in [5, 5.41) is 19.5. The Morgan fingerprint density at radius 1 is 1.46 bits per heavy atom. The molecule has 1 aromatic carbocycles. The molecule has 1 fully saturated rings. The van der Waals surface area contributed by atoms with Crippen molar-refractivity contribution in [2.75, 3.05) is 13.6 Å². The van der Waals surface area contributed by atoms with Crippen LogP contribution in [0, 0.1) is 21.6 Å². The van der Waals surface area contributed by atoms with Crippen LogP contribution in [0.3, 0.4) is 0 Å². The zero-order chi connectivity index (χ0) is 21.1. The van der Waals surface area contributed by atoms with Crippen LogP contribution in [0.25, 0.3) is 0 Å². The van der Waals surface area contributed by atoms with Crippen LogP contribution in [0.2, 0.25) is 0 Å². The summed E-state index contributed by atoms with van der Waals surface area (Å²) in [7, 11) is 1.33. The maximum absolute atomic E-state index is 12.6. The standard InChI is InChI=1S/C17H20N4O5S2/c1-17(28,15(22)19(2)10-18)14-7-13(27)8-20(14)16(23)26-9-11-3-5-12(6-4-11)21(24)25/h3-6,13-14,27-28H,7-9H2,1-2H3/t13-,14-,17?/m0/s1.